The van der Waals surface area contributed by atoms with Crippen LogP contribution >= 0.6 is 0 Å². The van der Waals surface area contributed by atoms with Gasteiger partial charge in [0.1, 0.15) is 22.3 Å². The fraction of sp³-hybridized carbons (Fsp3) is 0. The Morgan fingerprint density at radius 3 is 1.55 bits per heavy atom. The summed E-state index contributed by atoms with van der Waals surface area (Å²) in [6, 6.07) is 64.7. The molecule has 56 heavy (non-hydrogen) atoms. The second kappa shape index (κ2) is 13.0. The Labute approximate surface area is 322 Å². The standard InChI is InChI=1S/C51H31N3O2/c1-3-12-32(13-4-1)36-16-9-17-37(30-36)33-24-26-34(27-25-33)38-28-29-45-43(31-38)47-41(20-11-23-46(47)55-45)50-52-49(35-14-5-2-6-15-35)53-51(54-50)42-21-10-19-40-39-18-7-8-22-44(39)56-48(40)42/h1-31H. The number of nitrogens with zero attached hydrogens (tertiary/aromatic N) is 3. The maximum Gasteiger partial charge on any atom is 0.167 e. The van der Waals surface area contributed by atoms with E-state index in [1.54, 1.807) is 0 Å². The molecule has 0 spiro atoms. The van der Waals surface area contributed by atoms with Gasteiger partial charge in [0.15, 0.2) is 17.5 Å². The third-order valence-corrected chi connectivity index (χ3v) is 10.6. The molecule has 0 saturated heterocycles. The molecule has 11 rings (SSSR count). The molecule has 3 aromatic heterocycles. The summed E-state index contributed by atoms with van der Waals surface area (Å²) in [7, 11) is 0. The van der Waals surface area contributed by atoms with Crippen LogP contribution in [0.4, 0.5) is 0 Å². The van der Waals surface area contributed by atoms with Crippen molar-refractivity contribution in [2.24, 2.45) is 0 Å². The highest BCUT2D eigenvalue weighted by atomic mass is 16.3. The number of aromatic nitrogens is 3. The molecule has 0 atom stereocenters. The smallest absolute Gasteiger partial charge is 0.167 e. The van der Waals surface area contributed by atoms with Crippen molar-refractivity contribution >= 4 is 43.9 Å². The van der Waals surface area contributed by atoms with E-state index in [0.29, 0.717) is 17.5 Å². The molecule has 262 valence electrons. The molecule has 0 aliphatic rings. The molecule has 0 radical (unpaired) electrons. The minimum absolute atomic E-state index is 0.540. The van der Waals surface area contributed by atoms with Crippen molar-refractivity contribution in [3.8, 4) is 67.5 Å². The normalized spacial score (nSPS) is 11.6. The highest BCUT2D eigenvalue weighted by molar-refractivity contribution is 6.13. The summed E-state index contributed by atoms with van der Waals surface area (Å²) < 4.78 is 12.9. The molecule has 5 nitrogen and oxygen atoms in total. The molecule has 0 saturated carbocycles. The Hall–Kier alpha value is -7.63. The SMILES string of the molecule is c1ccc(-c2cccc(-c3ccc(-c4ccc5oc6cccc(-c7nc(-c8ccccc8)nc(-c8cccc9c8oc8ccccc89)n7)c6c5c4)cc3)c2)cc1. The number of rotatable bonds is 6. The molecule has 0 fully saturated rings. The third-order valence-electron chi connectivity index (χ3n) is 10.6. The second-order valence-electron chi connectivity index (χ2n) is 14.0. The highest BCUT2D eigenvalue weighted by Crippen LogP contribution is 2.40. The molecule has 11 aromatic rings. The van der Waals surface area contributed by atoms with Crippen LogP contribution in [0.2, 0.25) is 0 Å². The maximum absolute atomic E-state index is 6.46. The lowest BCUT2D eigenvalue weighted by Crippen LogP contribution is -2.00. The van der Waals surface area contributed by atoms with Crippen LogP contribution in [0, 0.1) is 0 Å². The topological polar surface area (TPSA) is 65.0 Å². The first-order valence-electron chi connectivity index (χ1n) is 18.7. The van der Waals surface area contributed by atoms with E-state index in [1.165, 1.54) is 22.3 Å². The Bertz CT molecular complexity index is 3240. The number of para-hydroxylation sites is 2. The largest absolute Gasteiger partial charge is 0.456 e. The molecule has 0 aliphatic carbocycles. The lowest BCUT2D eigenvalue weighted by atomic mass is 9.96. The van der Waals surface area contributed by atoms with E-state index in [-0.39, 0.29) is 0 Å². The lowest BCUT2D eigenvalue weighted by Gasteiger charge is -2.10. The van der Waals surface area contributed by atoms with Gasteiger partial charge < -0.3 is 8.83 Å². The van der Waals surface area contributed by atoms with E-state index in [0.717, 1.165) is 71.7 Å². The fourth-order valence-corrected chi connectivity index (χ4v) is 7.81. The first kappa shape index (κ1) is 31.9. The number of benzene rings is 8. The Morgan fingerprint density at radius 2 is 0.786 bits per heavy atom. The van der Waals surface area contributed by atoms with Gasteiger partial charge in [-0.2, -0.15) is 0 Å². The molecule has 5 heteroatoms. The predicted molar refractivity (Wildman–Crippen MR) is 227 cm³/mol. The van der Waals surface area contributed by atoms with Crippen molar-refractivity contribution in [3.63, 3.8) is 0 Å². The van der Waals surface area contributed by atoms with Crippen molar-refractivity contribution in [3.05, 3.63) is 188 Å². The molecule has 0 aliphatic heterocycles. The molecule has 0 bridgehead atoms. The third kappa shape index (κ3) is 5.45. The van der Waals surface area contributed by atoms with Gasteiger partial charge in [0.2, 0.25) is 0 Å². The summed E-state index contributed by atoms with van der Waals surface area (Å²) >= 11 is 0. The van der Waals surface area contributed by atoms with Gasteiger partial charge in [-0.15, -0.1) is 0 Å². The highest BCUT2D eigenvalue weighted by Gasteiger charge is 2.20. The monoisotopic (exact) mass is 717 g/mol. The summed E-state index contributed by atoms with van der Waals surface area (Å²) in [5, 5.41) is 4.02. The van der Waals surface area contributed by atoms with Crippen LogP contribution in [-0.4, -0.2) is 15.0 Å². The quantitative estimate of drug-likeness (QED) is 0.171. The van der Waals surface area contributed by atoms with E-state index in [1.807, 2.05) is 78.9 Å². The van der Waals surface area contributed by atoms with Gasteiger partial charge >= 0.3 is 0 Å². The van der Waals surface area contributed by atoms with Gasteiger partial charge in [-0.3, -0.25) is 0 Å². The lowest BCUT2D eigenvalue weighted by molar-refractivity contribution is 0.668. The van der Waals surface area contributed by atoms with Crippen LogP contribution in [0.5, 0.6) is 0 Å². The Kier molecular flexibility index (Phi) is 7.42. The predicted octanol–water partition coefficient (Wildman–Crippen LogP) is 13.7. The average Bonchev–Trinajstić information content (AvgIpc) is 3.85. The first-order chi connectivity index (χ1) is 27.7. The second-order valence-corrected chi connectivity index (χ2v) is 14.0. The summed E-state index contributed by atoms with van der Waals surface area (Å²) in [6.07, 6.45) is 0. The van der Waals surface area contributed by atoms with E-state index in [4.69, 9.17) is 23.8 Å². The molecule has 8 aromatic carbocycles. The van der Waals surface area contributed by atoms with Crippen molar-refractivity contribution in [1.82, 2.24) is 15.0 Å². The maximum atomic E-state index is 6.46. The minimum Gasteiger partial charge on any atom is -0.456 e. The minimum atomic E-state index is 0.540. The van der Waals surface area contributed by atoms with Gasteiger partial charge in [0.25, 0.3) is 0 Å². The summed E-state index contributed by atoms with van der Waals surface area (Å²) in [6.45, 7) is 0. The molecule has 0 unspecified atom stereocenters. The van der Waals surface area contributed by atoms with Gasteiger partial charge in [-0.1, -0.05) is 152 Å². The molecule has 0 amide bonds. The van der Waals surface area contributed by atoms with Gasteiger partial charge in [0, 0.05) is 32.7 Å². The van der Waals surface area contributed by atoms with Crippen molar-refractivity contribution in [2.75, 3.05) is 0 Å². The van der Waals surface area contributed by atoms with Crippen LogP contribution in [0.25, 0.3) is 111 Å². The first-order valence-corrected chi connectivity index (χ1v) is 18.7. The van der Waals surface area contributed by atoms with Crippen LogP contribution < -0.4 is 0 Å². The number of fused-ring (bicyclic) bond motifs is 6. The molecular formula is C51H31N3O2. The van der Waals surface area contributed by atoms with E-state index in [9.17, 15) is 0 Å². The van der Waals surface area contributed by atoms with Gasteiger partial charge in [-0.25, -0.2) is 15.0 Å². The number of furan rings is 2. The molecular weight excluding hydrogens is 687 g/mol. The van der Waals surface area contributed by atoms with Crippen LogP contribution in [0.3, 0.4) is 0 Å². The van der Waals surface area contributed by atoms with Crippen LogP contribution in [0.15, 0.2) is 197 Å². The molecule has 0 N–H and O–H groups in total. The Morgan fingerprint density at radius 1 is 0.286 bits per heavy atom. The van der Waals surface area contributed by atoms with E-state index >= 15 is 0 Å². The van der Waals surface area contributed by atoms with E-state index in [2.05, 4.69) is 109 Å². The van der Waals surface area contributed by atoms with Gasteiger partial charge in [0.05, 0.1) is 5.56 Å². The van der Waals surface area contributed by atoms with Crippen molar-refractivity contribution in [2.45, 2.75) is 0 Å². The van der Waals surface area contributed by atoms with Crippen molar-refractivity contribution in [1.29, 1.82) is 0 Å². The summed E-state index contributed by atoms with van der Waals surface area (Å²) in [5.41, 5.74) is 12.7. The van der Waals surface area contributed by atoms with Gasteiger partial charge in [-0.05, 0) is 69.8 Å². The Balaban J connectivity index is 1.04. The van der Waals surface area contributed by atoms with Crippen LogP contribution in [-0.2, 0) is 0 Å². The molecule has 3 heterocycles. The van der Waals surface area contributed by atoms with E-state index < -0.39 is 0 Å². The van der Waals surface area contributed by atoms with Crippen molar-refractivity contribution < 1.29 is 8.83 Å². The van der Waals surface area contributed by atoms with Crippen LogP contribution in [0.1, 0.15) is 0 Å². The zero-order chi connectivity index (χ0) is 37.0. The average molecular weight is 718 g/mol. The summed E-state index contributed by atoms with van der Waals surface area (Å²) in [5.74, 6) is 1.68. The zero-order valence-corrected chi connectivity index (χ0v) is 30.1. The number of hydrogen-bond acceptors (Lipinski definition) is 5. The summed E-state index contributed by atoms with van der Waals surface area (Å²) in [4.78, 5) is 15.3. The fourth-order valence-electron chi connectivity index (χ4n) is 7.81. The number of hydrogen-bond donors (Lipinski definition) is 0. The zero-order valence-electron chi connectivity index (χ0n) is 30.1.